The second-order valence-electron chi connectivity index (χ2n) is 12.0. The van der Waals surface area contributed by atoms with Gasteiger partial charge < -0.3 is 19.8 Å². The third kappa shape index (κ3) is 4.18. The summed E-state index contributed by atoms with van der Waals surface area (Å²) in [4.78, 5) is 33.9. The fourth-order valence-electron chi connectivity index (χ4n) is 6.88. The molecule has 5 aromatic rings. The number of amides is 1. The third-order valence-corrected chi connectivity index (χ3v) is 9.09. The highest BCUT2D eigenvalue weighted by molar-refractivity contribution is 6.14. The van der Waals surface area contributed by atoms with Crippen LogP contribution < -0.4 is 11.0 Å². The number of nitrogens with zero attached hydrogens (tertiary/aromatic N) is 5. The maximum atomic E-state index is 15.4. The number of H-pyrrole nitrogens is 1. The lowest BCUT2D eigenvalue weighted by Gasteiger charge is -2.18. The molecule has 0 spiro atoms. The minimum Gasteiger partial charge on any atom is -0.453 e. The Balaban J connectivity index is 1.51. The number of methoxy groups -OCH3 is 1. The van der Waals surface area contributed by atoms with Gasteiger partial charge in [0.15, 0.2) is 0 Å². The standard InChI is InChI=1S/C31H34FN7O4/c1-6-38-14-20(27(32)36-38)25-23(16-7-10-21-17(11-16)15-43-31(21,2)3)24-26-22(13-33-28(24)35-25)37(4)30(41)39(26)19-9-8-18(12-19)34-29(40)42-5/h7,10-11,13-14,18-19H,6,8-9,12,15H2,1-5H3,(H,33,35)(H,34,40)/t18-,19-/m1/s1. The number of carbonyl (C=O) groups excluding carboxylic acids is 1. The minimum atomic E-state index is -0.588. The number of hydrogen-bond donors (Lipinski definition) is 2. The van der Waals surface area contributed by atoms with Crippen molar-refractivity contribution in [3.8, 4) is 22.4 Å². The number of hydrogen-bond acceptors (Lipinski definition) is 6. The van der Waals surface area contributed by atoms with Crippen LogP contribution in [0.5, 0.6) is 0 Å². The van der Waals surface area contributed by atoms with Gasteiger partial charge in [0.2, 0.25) is 5.95 Å². The molecular weight excluding hydrogens is 553 g/mol. The van der Waals surface area contributed by atoms with Gasteiger partial charge in [0.1, 0.15) is 5.65 Å². The Kier molecular flexibility index (Phi) is 6.24. The van der Waals surface area contributed by atoms with Crippen LogP contribution in [0.15, 0.2) is 35.4 Å². The number of benzene rings is 1. The van der Waals surface area contributed by atoms with Crippen LogP contribution in [0.4, 0.5) is 9.18 Å². The van der Waals surface area contributed by atoms with E-state index in [9.17, 15) is 9.59 Å². The largest absolute Gasteiger partial charge is 0.453 e. The number of aromatic nitrogens is 6. The Morgan fingerprint density at radius 2 is 2.12 bits per heavy atom. The van der Waals surface area contributed by atoms with E-state index in [1.165, 1.54) is 7.11 Å². The number of carbonyl (C=O) groups is 1. The van der Waals surface area contributed by atoms with Crippen LogP contribution in [0, 0.1) is 5.95 Å². The van der Waals surface area contributed by atoms with Crippen molar-refractivity contribution < 1.29 is 18.7 Å². The molecule has 1 saturated carbocycles. The van der Waals surface area contributed by atoms with Crippen LogP contribution in [0.2, 0.25) is 0 Å². The first-order chi connectivity index (χ1) is 20.6. The Labute approximate surface area is 246 Å². The number of alkyl carbamates (subject to hydrolysis) is 1. The molecule has 0 saturated heterocycles. The van der Waals surface area contributed by atoms with E-state index in [1.807, 2.05) is 31.4 Å². The summed E-state index contributed by atoms with van der Waals surface area (Å²) in [5.41, 5.74) is 6.01. The van der Waals surface area contributed by atoms with E-state index in [1.54, 1.807) is 28.7 Å². The van der Waals surface area contributed by atoms with Gasteiger partial charge in [-0.25, -0.2) is 14.6 Å². The van der Waals surface area contributed by atoms with Gasteiger partial charge >= 0.3 is 11.8 Å². The fourth-order valence-corrected chi connectivity index (χ4v) is 6.88. The lowest BCUT2D eigenvalue weighted by molar-refractivity contribution is -0.00789. The van der Waals surface area contributed by atoms with Crippen molar-refractivity contribution in [2.24, 2.45) is 7.05 Å². The molecule has 1 aliphatic carbocycles. The molecule has 1 amide bonds. The number of ether oxygens (including phenoxy) is 2. The molecule has 0 unspecified atom stereocenters. The molecular formula is C31H34FN7O4. The van der Waals surface area contributed by atoms with Gasteiger partial charge in [0.05, 0.1) is 53.2 Å². The predicted octanol–water partition coefficient (Wildman–Crippen LogP) is 5.12. The van der Waals surface area contributed by atoms with Crippen LogP contribution in [0.3, 0.4) is 0 Å². The molecule has 2 aliphatic rings. The summed E-state index contributed by atoms with van der Waals surface area (Å²) in [5, 5.41) is 7.69. The molecule has 2 N–H and O–H groups in total. The normalized spacial score (nSPS) is 19.4. The smallest absolute Gasteiger partial charge is 0.407 e. The average Bonchev–Trinajstić information content (AvgIpc) is 3.79. The van der Waals surface area contributed by atoms with Gasteiger partial charge in [-0.1, -0.05) is 12.1 Å². The molecule has 7 rings (SSSR count). The average molecular weight is 588 g/mol. The summed E-state index contributed by atoms with van der Waals surface area (Å²) in [5.74, 6) is -0.588. The molecule has 1 fully saturated rings. The third-order valence-electron chi connectivity index (χ3n) is 9.09. The van der Waals surface area contributed by atoms with Gasteiger partial charge in [-0.15, -0.1) is 5.10 Å². The van der Waals surface area contributed by atoms with E-state index in [4.69, 9.17) is 14.5 Å². The van der Waals surface area contributed by atoms with Crippen LogP contribution >= 0.6 is 0 Å². The van der Waals surface area contributed by atoms with Crippen LogP contribution in [-0.2, 0) is 35.3 Å². The molecule has 43 heavy (non-hydrogen) atoms. The molecule has 0 bridgehead atoms. The molecule has 5 heterocycles. The van der Waals surface area contributed by atoms with Crippen molar-refractivity contribution >= 4 is 28.2 Å². The lowest BCUT2D eigenvalue weighted by atomic mass is 9.91. The molecule has 11 nitrogen and oxygen atoms in total. The molecule has 224 valence electrons. The van der Waals surface area contributed by atoms with Gasteiger partial charge in [-0.3, -0.25) is 13.8 Å². The number of aryl methyl sites for hydroxylation is 2. The van der Waals surface area contributed by atoms with E-state index in [-0.39, 0.29) is 17.8 Å². The highest BCUT2D eigenvalue weighted by Crippen LogP contribution is 2.45. The van der Waals surface area contributed by atoms with E-state index in [0.717, 1.165) is 33.2 Å². The number of aromatic amines is 1. The molecule has 2 atom stereocenters. The van der Waals surface area contributed by atoms with E-state index < -0.39 is 17.6 Å². The zero-order chi connectivity index (χ0) is 30.2. The summed E-state index contributed by atoms with van der Waals surface area (Å²) in [6.45, 7) is 6.98. The Morgan fingerprint density at radius 1 is 1.30 bits per heavy atom. The maximum Gasteiger partial charge on any atom is 0.407 e. The number of halogens is 1. The van der Waals surface area contributed by atoms with Gasteiger partial charge in [0.25, 0.3) is 0 Å². The van der Waals surface area contributed by atoms with Gasteiger partial charge in [-0.05, 0) is 62.8 Å². The van der Waals surface area contributed by atoms with Crippen molar-refractivity contribution in [3.05, 3.63) is 58.2 Å². The van der Waals surface area contributed by atoms with E-state index in [2.05, 4.69) is 27.5 Å². The highest BCUT2D eigenvalue weighted by Gasteiger charge is 2.34. The minimum absolute atomic E-state index is 0.118. The van der Waals surface area contributed by atoms with Crippen LogP contribution in [0.25, 0.3) is 44.5 Å². The topological polar surface area (TPSA) is 121 Å². The Bertz CT molecular complexity index is 1980. The number of nitrogens with one attached hydrogen (secondary N) is 2. The summed E-state index contributed by atoms with van der Waals surface area (Å²) in [7, 11) is 3.08. The number of fused-ring (bicyclic) bond motifs is 4. The van der Waals surface area contributed by atoms with Crippen molar-refractivity contribution in [2.75, 3.05) is 7.11 Å². The highest BCUT2D eigenvalue weighted by atomic mass is 19.1. The monoisotopic (exact) mass is 587 g/mol. The quantitative estimate of drug-likeness (QED) is 0.295. The van der Waals surface area contributed by atoms with Gasteiger partial charge in [-0.2, -0.15) is 4.39 Å². The van der Waals surface area contributed by atoms with Crippen molar-refractivity contribution in [1.82, 2.24) is 34.2 Å². The second kappa shape index (κ2) is 9.80. The van der Waals surface area contributed by atoms with Crippen molar-refractivity contribution in [1.29, 1.82) is 0 Å². The first kappa shape index (κ1) is 27.4. The second-order valence-corrected chi connectivity index (χ2v) is 12.0. The van der Waals surface area contributed by atoms with Crippen molar-refractivity contribution in [3.63, 3.8) is 0 Å². The summed E-state index contributed by atoms with van der Waals surface area (Å²) < 4.78 is 31.3. The fraction of sp³-hybridized carbons (Fsp3) is 0.419. The van der Waals surface area contributed by atoms with Crippen LogP contribution in [0.1, 0.15) is 57.2 Å². The van der Waals surface area contributed by atoms with Crippen LogP contribution in [-0.4, -0.2) is 48.1 Å². The first-order valence-corrected chi connectivity index (χ1v) is 14.6. The molecule has 1 aromatic carbocycles. The number of rotatable bonds is 5. The van der Waals surface area contributed by atoms with Crippen molar-refractivity contribution in [2.45, 2.75) is 70.9 Å². The Morgan fingerprint density at radius 3 is 2.86 bits per heavy atom. The molecule has 0 radical (unpaired) electrons. The summed E-state index contributed by atoms with van der Waals surface area (Å²) >= 11 is 0. The number of imidazole rings is 1. The van der Waals surface area contributed by atoms with E-state index >= 15 is 4.39 Å². The predicted molar refractivity (Wildman–Crippen MR) is 159 cm³/mol. The molecule has 12 heteroatoms. The summed E-state index contributed by atoms with van der Waals surface area (Å²) in [6.07, 6.45) is 4.88. The molecule has 4 aromatic heterocycles. The Hall–Kier alpha value is -4.45. The number of pyridine rings is 1. The SMILES string of the molecule is CCn1cc(-c2[nH]c3ncc4c(c3c2-c2ccc3c(c2)COC3(C)C)n([C@@H]2CC[C@@H](NC(=O)OC)C2)c(=O)n4C)c(F)n1. The first-order valence-electron chi connectivity index (χ1n) is 14.6. The van der Waals surface area contributed by atoms with E-state index in [0.29, 0.717) is 54.8 Å². The van der Waals surface area contributed by atoms with Gasteiger partial charge in [0, 0.05) is 37.4 Å². The maximum absolute atomic E-state index is 15.4. The summed E-state index contributed by atoms with van der Waals surface area (Å²) in [6, 6.07) is 5.91. The zero-order valence-electron chi connectivity index (χ0n) is 24.8. The lowest BCUT2D eigenvalue weighted by Crippen LogP contribution is -2.33. The zero-order valence-corrected chi connectivity index (χ0v) is 24.8. The molecule has 1 aliphatic heterocycles.